The second-order valence-corrected chi connectivity index (χ2v) is 3.83. The Kier molecular flexibility index (Phi) is 2.69. The minimum atomic E-state index is 0.295. The molecule has 0 saturated heterocycles. The fourth-order valence-corrected chi connectivity index (χ4v) is 2.08. The average Bonchev–Trinajstić information content (AvgIpc) is 2.57. The van der Waals surface area contributed by atoms with Crippen LogP contribution in [0.5, 0.6) is 0 Å². The molecule has 0 aromatic carbocycles. The molecule has 0 amide bonds. The number of aryl methyl sites for hydroxylation is 3. The fourth-order valence-electron chi connectivity index (χ4n) is 2.08. The van der Waals surface area contributed by atoms with Crippen molar-refractivity contribution in [2.75, 3.05) is 6.61 Å². The number of aliphatic hydroxyl groups is 1. The van der Waals surface area contributed by atoms with E-state index in [1.807, 2.05) is 0 Å². The van der Waals surface area contributed by atoms with Gasteiger partial charge >= 0.3 is 0 Å². The lowest BCUT2D eigenvalue weighted by atomic mass is 9.98. The van der Waals surface area contributed by atoms with Crippen LogP contribution in [0.15, 0.2) is 6.07 Å². The van der Waals surface area contributed by atoms with E-state index < -0.39 is 0 Å². The van der Waals surface area contributed by atoms with E-state index in [1.165, 1.54) is 42.6 Å². The summed E-state index contributed by atoms with van der Waals surface area (Å²) in [5.74, 6) is 0. The molecule has 1 aliphatic carbocycles. The van der Waals surface area contributed by atoms with Gasteiger partial charge in [0, 0.05) is 18.0 Å². The van der Waals surface area contributed by atoms with Gasteiger partial charge in [-0.05, 0) is 50.2 Å². The first kappa shape index (κ1) is 8.82. The number of fused-ring (bicyclic) bond motifs is 1. The summed E-state index contributed by atoms with van der Waals surface area (Å²) >= 11 is 0. The van der Waals surface area contributed by atoms with Gasteiger partial charge in [-0.15, -0.1) is 0 Å². The third-order valence-corrected chi connectivity index (χ3v) is 2.77. The van der Waals surface area contributed by atoms with Crippen molar-refractivity contribution in [3.63, 3.8) is 0 Å². The van der Waals surface area contributed by atoms with E-state index in [9.17, 15) is 0 Å². The van der Waals surface area contributed by atoms with Crippen LogP contribution in [0.4, 0.5) is 0 Å². The standard InChI is InChI=1S/C11H17NO/c13-7-3-5-10-8-9-4-1-2-6-11(9)12-10/h8,12-13H,1-7H2. The van der Waals surface area contributed by atoms with Crippen molar-refractivity contribution < 1.29 is 5.11 Å². The number of aliphatic hydroxyl groups excluding tert-OH is 1. The quantitative estimate of drug-likeness (QED) is 0.729. The molecule has 2 nitrogen and oxygen atoms in total. The highest BCUT2D eigenvalue weighted by molar-refractivity contribution is 5.28. The molecule has 72 valence electrons. The van der Waals surface area contributed by atoms with Crippen LogP contribution < -0.4 is 0 Å². The van der Waals surface area contributed by atoms with Gasteiger partial charge in [0.05, 0.1) is 0 Å². The number of rotatable bonds is 3. The van der Waals surface area contributed by atoms with Gasteiger partial charge in [-0.2, -0.15) is 0 Å². The zero-order chi connectivity index (χ0) is 9.10. The van der Waals surface area contributed by atoms with Crippen LogP contribution in [-0.2, 0) is 19.3 Å². The van der Waals surface area contributed by atoms with Crippen molar-refractivity contribution in [1.29, 1.82) is 0 Å². The maximum Gasteiger partial charge on any atom is 0.0434 e. The van der Waals surface area contributed by atoms with Gasteiger partial charge in [0.1, 0.15) is 0 Å². The number of hydrogen-bond acceptors (Lipinski definition) is 1. The van der Waals surface area contributed by atoms with Crippen LogP contribution in [0.3, 0.4) is 0 Å². The minimum Gasteiger partial charge on any atom is -0.396 e. The summed E-state index contributed by atoms with van der Waals surface area (Å²) in [6, 6.07) is 2.28. The SMILES string of the molecule is OCCCc1cc2c([nH]1)CCCC2. The molecule has 2 rings (SSSR count). The molecule has 0 aliphatic heterocycles. The predicted molar refractivity (Wildman–Crippen MR) is 52.8 cm³/mol. The van der Waals surface area contributed by atoms with Gasteiger partial charge in [-0.1, -0.05) is 0 Å². The average molecular weight is 179 g/mol. The first-order valence-corrected chi connectivity index (χ1v) is 5.20. The number of hydrogen-bond donors (Lipinski definition) is 2. The smallest absolute Gasteiger partial charge is 0.0434 e. The van der Waals surface area contributed by atoms with E-state index in [0.717, 1.165) is 12.8 Å². The number of aromatic nitrogens is 1. The zero-order valence-corrected chi connectivity index (χ0v) is 7.97. The van der Waals surface area contributed by atoms with Gasteiger partial charge in [-0.3, -0.25) is 0 Å². The van der Waals surface area contributed by atoms with Crippen LogP contribution in [0.1, 0.15) is 36.2 Å². The molecule has 0 unspecified atom stereocenters. The Bertz CT molecular complexity index is 254. The van der Waals surface area contributed by atoms with Crippen LogP contribution >= 0.6 is 0 Å². The Hall–Kier alpha value is -0.760. The molecule has 1 aromatic heterocycles. The Morgan fingerprint density at radius 3 is 2.92 bits per heavy atom. The molecule has 0 saturated carbocycles. The third-order valence-electron chi connectivity index (χ3n) is 2.77. The van der Waals surface area contributed by atoms with E-state index in [2.05, 4.69) is 11.1 Å². The van der Waals surface area contributed by atoms with E-state index >= 15 is 0 Å². The zero-order valence-electron chi connectivity index (χ0n) is 7.97. The van der Waals surface area contributed by atoms with Crippen molar-refractivity contribution in [2.24, 2.45) is 0 Å². The Morgan fingerprint density at radius 1 is 1.31 bits per heavy atom. The fraction of sp³-hybridized carbons (Fsp3) is 0.636. The molecule has 0 atom stereocenters. The van der Waals surface area contributed by atoms with Crippen molar-refractivity contribution in [2.45, 2.75) is 38.5 Å². The van der Waals surface area contributed by atoms with Crippen molar-refractivity contribution in [3.05, 3.63) is 23.0 Å². The topological polar surface area (TPSA) is 36.0 Å². The van der Waals surface area contributed by atoms with Gasteiger partial charge in [-0.25, -0.2) is 0 Å². The number of H-pyrrole nitrogens is 1. The van der Waals surface area contributed by atoms with Crippen molar-refractivity contribution in [3.8, 4) is 0 Å². The Labute approximate surface area is 79.0 Å². The Balaban J connectivity index is 2.07. The first-order chi connectivity index (χ1) is 6.40. The molecule has 1 aromatic rings. The number of nitrogens with one attached hydrogen (secondary N) is 1. The van der Waals surface area contributed by atoms with Crippen molar-refractivity contribution in [1.82, 2.24) is 4.98 Å². The predicted octanol–water partition coefficient (Wildman–Crippen LogP) is 1.82. The van der Waals surface area contributed by atoms with E-state index in [-0.39, 0.29) is 0 Å². The molecule has 2 heteroatoms. The van der Waals surface area contributed by atoms with E-state index in [1.54, 1.807) is 0 Å². The summed E-state index contributed by atoms with van der Waals surface area (Å²) in [5.41, 5.74) is 4.26. The Morgan fingerprint density at radius 2 is 2.15 bits per heavy atom. The van der Waals surface area contributed by atoms with Gasteiger partial charge < -0.3 is 10.1 Å². The molecule has 0 fully saturated rings. The molecule has 0 spiro atoms. The first-order valence-electron chi connectivity index (χ1n) is 5.20. The molecular formula is C11H17NO. The van der Waals surface area contributed by atoms with E-state index in [0.29, 0.717) is 6.61 Å². The van der Waals surface area contributed by atoms with Gasteiger partial charge in [0.2, 0.25) is 0 Å². The van der Waals surface area contributed by atoms with E-state index in [4.69, 9.17) is 5.11 Å². The number of aromatic amines is 1. The van der Waals surface area contributed by atoms with Gasteiger partial charge in [0.25, 0.3) is 0 Å². The summed E-state index contributed by atoms with van der Waals surface area (Å²) in [6.07, 6.45) is 6.99. The van der Waals surface area contributed by atoms with Crippen molar-refractivity contribution >= 4 is 0 Å². The molecular weight excluding hydrogens is 162 g/mol. The largest absolute Gasteiger partial charge is 0.396 e. The maximum atomic E-state index is 8.72. The lowest BCUT2D eigenvalue weighted by Crippen LogP contribution is -1.99. The summed E-state index contributed by atoms with van der Waals surface area (Å²) < 4.78 is 0. The summed E-state index contributed by atoms with van der Waals surface area (Å²) in [6.45, 7) is 0.295. The van der Waals surface area contributed by atoms with Crippen LogP contribution in [0.2, 0.25) is 0 Å². The van der Waals surface area contributed by atoms with Crippen LogP contribution in [0, 0.1) is 0 Å². The third kappa shape index (κ3) is 1.94. The molecule has 13 heavy (non-hydrogen) atoms. The summed E-state index contributed by atoms with van der Waals surface area (Å²) in [7, 11) is 0. The second-order valence-electron chi connectivity index (χ2n) is 3.83. The minimum absolute atomic E-state index is 0.295. The molecule has 1 heterocycles. The second kappa shape index (κ2) is 3.97. The highest BCUT2D eigenvalue weighted by Gasteiger charge is 2.11. The lowest BCUT2D eigenvalue weighted by Gasteiger charge is -2.09. The molecule has 1 aliphatic rings. The maximum absolute atomic E-state index is 8.72. The lowest BCUT2D eigenvalue weighted by molar-refractivity contribution is 0.288. The molecule has 0 radical (unpaired) electrons. The van der Waals surface area contributed by atoms with Gasteiger partial charge in [0.15, 0.2) is 0 Å². The highest BCUT2D eigenvalue weighted by atomic mass is 16.2. The summed E-state index contributed by atoms with van der Waals surface area (Å²) in [4.78, 5) is 3.46. The molecule has 0 bridgehead atoms. The van der Waals surface area contributed by atoms with Crippen LogP contribution in [-0.4, -0.2) is 16.7 Å². The summed E-state index contributed by atoms with van der Waals surface area (Å²) in [5, 5.41) is 8.72. The van der Waals surface area contributed by atoms with Crippen LogP contribution in [0.25, 0.3) is 0 Å². The monoisotopic (exact) mass is 179 g/mol. The highest BCUT2D eigenvalue weighted by Crippen LogP contribution is 2.21. The normalized spacial score (nSPS) is 15.8. The molecule has 2 N–H and O–H groups in total.